The zero-order chi connectivity index (χ0) is 13.2. The van der Waals surface area contributed by atoms with E-state index in [2.05, 4.69) is 10.3 Å². The van der Waals surface area contributed by atoms with Crippen LogP contribution in [0.25, 0.3) is 10.9 Å². The molecule has 0 fully saturated rings. The number of rotatable bonds is 2. The molecule has 0 bridgehead atoms. The Kier molecular flexibility index (Phi) is 2.97. The molecule has 0 saturated carbocycles. The maximum Gasteiger partial charge on any atom is 0.250 e. The van der Waals surface area contributed by atoms with Crippen molar-refractivity contribution in [3.63, 3.8) is 0 Å². The minimum absolute atomic E-state index is 0.129. The Labute approximate surface area is 114 Å². The lowest BCUT2D eigenvalue weighted by Gasteiger charge is -2.09. The zero-order valence-electron chi connectivity index (χ0n) is 9.98. The van der Waals surface area contributed by atoms with Gasteiger partial charge in [0.1, 0.15) is 0 Å². The molecule has 1 aromatic heterocycles. The van der Waals surface area contributed by atoms with Crippen molar-refractivity contribution < 1.29 is 0 Å². The van der Waals surface area contributed by atoms with Gasteiger partial charge in [-0.25, -0.2) is 0 Å². The lowest BCUT2D eigenvalue weighted by molar-refractivity contribution is 1.30. The molecule has 0 atom stereocenters. The van der Waals surface area contributed by atoms with Crippen LogP contribution in [-0.2, 0) is 0 Å². The highest BCUT2D eigenvalue weighted by Gasteiger charge is 2.03. The minimum atomic E-state index is -0.129. The molecule has 3 nitrogen and oxygen atoms in total. The summed E-state index contributed by atoms with van der Waals surface area (Å²) in [5, 5.41) is 4.89. The van der Waals surface area contributed by atoms with Gasteiger partial charge < -0.3 is 10.3 Å². The van der Waals surface area contributed by atoms with Gasteiger partial charge in [-0.05, 0) is 30.3 Å². The minimum Gasteiger partial charge on any atom is -0.355 e. The third-order valence-electron chi connectivity index (χ3n) is 2.87. The van der Waals surface area contributed by atoms with Crippen LogP contribution in [0.3, 0.4) is 0 Å². The second kappa shape index (κ2) is 4.78. The first-order valence-electron chi connectivity index (χ1n) is 5.87. The molecule has 0 amide bonds. The van der Waals surface area contributed by atoms with Crippen LogP contribution >= 0.6 is 11.6 Å². The first kappa shape index (κ1) is 11.8. The first-order chi connectivity index (χ1) is 9.22. The van der Waals surface area contributed by atoms with Crippen molar-refractivity contribution in [2.45, 2.75) is 0 Å². The lowest BCUT2D eigenvalue weighted by atomic mass is 10.2. The molecule has 0 aliphatic rings. The van der Waals surface area contributed by atoms with E-state index in [0.29, 0.717) is 5.02 Å². The van der Waals surface area contributed by atoms with Gasteiger partial charge in [-0.15, -0.1) is 0 Å². The SMILES string of the molecule is O=c1cc(Nc2ccc(Cl)cc2)c2ccccc2[nH]1. The smallest absolute Gasteiger partial charge is 0.250 e. The van der Waals surface area contributed by atoms with Crippen molar-refractivity contribution in [2.75, 3.05) is 5.32 Å². The normalized spacial score (nSPS) is 10.6. The quantitative estimate of drug-likeness (QED) is 0.741. The number of pyridine rings is 1. The number of hydrogen-bond donors (Lipinski definition) is 2. The molecule has 2 N–H and O–H groups in total. The number of nitrogens with one attached hydrogen (secondary N) is 2. The number of fused-ring (bicyclic) bond motifs is 1. The van der Waals surface area contributed by atoms with Crippen molar-refractivity contribution in [2.24, 2.45) is 0 Å². The number of aromatic amines is 1. The Morgan fingerprint density at radius 1 is 1.00 bits per heavy atom. The molecule has 94 valence electrons. The largest absolute Gasteiger partial charge is 0.355 e. The van der Waals surface area contributed by atoms with Gasteiger partial charge in [-0.1, -0.05) is 29.8 Å². The molecular formula is C15H11ClN2O. The standard InChI is InChI=1S/C15H11ClN2O/c16-10-5-7-11(8-6-10)17-14-9-15(19)18-13-4-2-1-3-12(13)14/h1-9H,(H2,17,18,19). The molecule has 0 spiro atoms. The second-order valence-electron chi connectivity index (χ2n) is 4.22. The number of benzene rings is 2. The fourth-order valence-corrected chi connectivity index (χ4v) is 2.12. The highest BCUT2D eigenvalue weighted by atomic mass is 35.5. The molecule has 0 saturated heterocycles. The number of hydrogen-bond acceptors (Lipinski definition) is 2. The van der Waals surface area contributed by atoms with Crippen LogP contribution in [0.15, 0.2) is 59.4 Å². The third-order valence-corrected chi connectivity index (χ3v) is 3.13. The van der Waals surface area contributed by atoms with Crippen molar-refractivity contribution in [3.05, 3.63) is 70.0 Å². The van der Waals surface area contributed by atoms with E-state index < -0.39 is 0 Å². The Hall–Kier alpha value is -2.26. The van der Waals surface area contributed by atoms with E-state index in [1.165, 1.54) is 0 Å². The third kappa shape index (κ3) is 2.46. The van der Waals surface area contributed by atoms with Crippen LogP contribution in [0.1, 0.15) is 0 Å². The number of anilines is 2. The Morgan fingerprint density at radius 2 is 1.74 bits per heavy atom. The predicted molar refractivity (Wildman–Crippen MR) is 79.3 cm³/mol. The topological polar surface area (TPSA) is 44.9 Å². The average molecular weight is 271 g/mol. The summed E-state index contributed by atoms with van der Waals surface area (Å²) in [7, 11) is 0. The van der Waals surface area contributed by atoms with E-state index in [-0.39, 0.29) is 5.56 Å². The zero-order valence-corrected chi connectivity index (χ0v) is 10.7. The molecule has 0 aliphatic heterocycles. The molecular weight excluding hydrogens is 260 g/mol. The van der Waals surface area contributed by atoms with E-state index in [9.17, 15) is 4.79 Å². The van der Waals surface area contributed by atoms with Gasteiger partial charge in [-0.3, -0.25) is 4.79 Å². The summed E-state index contributed by atoms with van der Waals surface area (Å²) >= 11 is 5.85. The van der Waals surface area contributed by atoms with Crippen molar-refractivity contribution in [1.29, 1.82) is 0 Å². The fraction of sp³-hybridized carbons (Fsp3) is 0. The number of aromatic nitrogens is 1. The molecule has 4 heteroatoms. The Morgan fingerprint density at radius 3 is 2.53 bits per heavy atom. The molecule has 0 unspecified atom stereocenters. The van der Waals surface area contributed by atoms with Crippen molar-refractivity contribution in [3.8, 4) is 0 Å². The van der Waals surface area contributed by atoms with Crippen molar-refractivity contribution >= 4 is 33.9 Å². The monoisotopic (exact) mass is 270 g/mol. The highest BCUT2D eigenvalue weighted by molar-refractivity contribution is 6.30. The summed E-state index contributed by atoms with van der Waals surface area (Å²) in [5.41, 5.74) is 2.35. The number of halogens is 1. The van der Waals surface area contributed by atoms with Gasteiger partial charge in [0.05, 0.1) is 11.2 Å². The van der Waals surface area contributed by atoms with Crippen LogP contribution < -0.4 is 10.9 Å². The summed E-state index contributed by atoms with van der Waals surface area (Å²) in [4.78, 5) is 14.4. The van der Waals surface area contributed by atoms with Crippen molar-refractivity contribution in [1.82, 2.24) is 4.98 Å². The average Bonchev–Trinajstić information content (AvgIpc) is 2.41. The van der Waals surface area contributed by atoms with E-state index >= 15 is 0 Å². The molecule has 3 aromatic rings. The molecule has 1 heterocycles. The molecule has 2 aromatic carbocycles. The van der Waals surface area contributed by atoms with Crippen LogP contribution in [-0.4, -0.2) is 4.98 Å². The maximum absolute atomic E-state index is 11.6. The molecule has 0 radical (unpaired) electrons. The van der Waals surface area contributed by atoms with Gasteiger partial charge in [0.25, 0.3) is 0 Å². The fourth-order valence-electron chi connectivity index (χ4n) is 2.00. The Bertz CT molecular complexity index is 778. The van der Waals surface area contributed by atoms with Crippen LogP contribution in [0.2, 0.25) is 5.02 Å². The molecule has 0 aliphatic carbocycles. The van der Waals surface area contributed by atoms with Crippen LogP contribution in [0, 0.1) is 0 Å². The van der Waals surface area contributed by atoms with Gasteiger partial charge in [-0.2, -0.15) is 0 Å². The first-order valence-corrected chi connectivity index (χ1v) is 6.25. The van der Waals surface area contributed by atoms with Crippen LogP contribution in [0.4, 0.5) is 11.4 Å². The number of para-hydroxylation sites is 1. The molecule has 3 rings (SSSR count). The van der Waals surface area contributed by atoms with E-state index in [1.807, 2.05) is 36.4 Å². The van der Waals surface area contributed by atoms with Crippen LogP contribution in [0.5, 0.6) is 0 Å². The van der Waals surface area contributed by atoms with E-state index in [4.69, 9.17) is 11.6 Å². The molecule has 19 heavy (non-hydrogen) atoms. The van der Waals surface area contributed by atoms with E-state index in [0.717, 1.165) is 22.3 Å². The van der Waals surface area contributed by atoms with Gasteiger partial charge in [0, 0.05) is 22.2 Å². The summed E-state index contributed by atoms with van der Waals surface area (Å²) in [5.74, 6) is 0. The van der Waals surface area contributed by atoms with Gasteiger partial charge in [0.2, 0.25) is 5.56 Å². The summed E-state index contributed by atoms with van der Waals surface area (Å²) in [6, 6.07) is 16.6. The van der Waals surface area contributed by atoms with Gasteiger partial charge >= 0.3 is 0 Å². The summed E-state index contributed by atoms with van der Waals surface area (Å²) in [6.07, 6.45) is 0. The Balaban J connectivity index is 2.09. The van der Waals surface area contributed by atoms with E-state index in [1.54, 1.807) is 18.2 Å². The lowest BCUT2D eigenvalue weighted by Crippen LogP contribution is -2.06. The summed E-state index contributed by atoms with van der Waals surface area (Å²) in [6.45, 7) is 0. The summed E-state index contributed by atoms with van der Waals surface area (Å²) < 4.78 is 0. The number of H-pyrrole nitrogens is 1. The highest BCUT2D eigenvalue weighted by Crippen LogP contribution is 2.24. The van der Waals surface area contributed by atoms with Gasteiger partial charge in [0.15, 0.2) is 0 Å². The predicted octanol–water partition coefficient (Wildman–Crippen LogP) is 3.93. The maximum atomic E-state index is 11.6. The second-order valence-corrected chi connectivity index (χ2v) is 4.66.